The molecular weight excluding hydrogens is 236 g/mol. The van der Waals surface area contributed by atoms with Crippen LogP contribution in [0.5, 0.6) is 0 Å². The van der Waals surface area contributed by atoms with Gasteiger partial charge in [-0.2, -0.15) is 5.10 Å². The second kappa shape index (κ2) is 5.83. The summed E-state index contributed by atoms with van der Waals surface area (Å²) in [6.45, 7) is 4.17. The maximum Gasteiger partial charge on any atom is 0.185 e. The third kappa shape index (κ3) is 3.11. The van der Waals surface area contributed by atoms with Gasteiger partial charge in [-0.15, -0.1) is 0 Å². The molecule has 0 bridgehead atoms. The monoisotopic (exact) mass is 256 g/mol. The number of ketones is 1. The highest BCUT2D eigenvalue weighted by molar-refractivity contribution is 5.96. The Morgan fingerprint density at radius 3 is 2.26 bits per heavy atom. The first-order valence-corrected chi connectivity index (χ1v) is 6.78. The molecule has 1 heterocycles. The van der Waals surface area contributed by atoms with Crippen molar-refractivity contribution in [3.63, 3.8) is 0 Å². The first-order chi connectivity index (χ1) is 9.13. The van der Waals surface area contributed by atoms with Crippen LogP contribution in [-0.4, -0.2) is 15.6 Å². The minimum atomic E-state index is 0.124. The number of hydrogen-bond donors (Lipinski definition) is 0. The second-order valence-corrected chi connectivity index (χ2v) is 4.77. The minimum absolute atomic E-state index is 0.124. The summed E-state index contributed by atoms with van der Waals surface area (Å²) in [5.74, 6) is 0.124. The van der Waals surface area contributed by atoms with E-state index in [2.05, 4.69) is 24.2 Å². The fourth-order valence-electron chi connectivity index (χ4n) is 2.13. The van der Waals surface area contributed by atoms with Crippen LogP contribution in [0.2, 0.25) is 0 Å². The number of hydrogen-bond acceptors (Lipinski definition) is 2. The third-order valence-electron chi connectivity index (χ3n) is 3.37. The summed E-state index contributed by atoms with van der Waals surface area (Å²) in [7, 11) is 1.83. The molecule has 1 aromatic carbocycles. The van der Waals surface area contributed by atoms with Crippen LogP contribution in [0.15, 0.2) is 30.3 Å². The van der Waals surface area contributed by atoms with E-state index in [9.17, 15) is 4.79 Å². The summed E-state index contributed by atoms with van der Waals surface area (Å²) >= 11 is 0. The quantitative estimate of drug-likeness (QED) is 0.771. The lowest BCUT2D eigenvalue weighted by Gasteiger charge is -2.03. The standard InChI is InChI=1S/C16H20N2O/c1-4-12-6-8-13(9-7-12)10-16(19)15-11-14(5-2)17-18(15)3/h6-9,11H,4-5,10H2,1-3H3. The number of benzene rings is 1. The van der Waals surface area contributed by atoms with Crippen LogP contribution in [0.3, 0.4) is 0 Å². The summed E-state index contributed by atoms with van der Waals surface area (Å²) in [4.78, 5) is 12.3. The smallest absolute Gasteiger partial charge is 0.185 e. The lowest BCUT2D eigenvalue weighted by molar-refractivity contribution is 0.0984. The van der Waals surface area contributed by atoms with Crippen molar-refractivity contribution in [2.24, 2.45) is 7.05 Å². The second-order valence-electron chi connectivity index (χ2n) is 4.77. The van der Waals surface area contributed by atoms with E-state index in [1.807, 2.05) is 32.2 Å². The van der Waals surface area contributed by atoms with E-state index in [4.69, 9.17) is 0 Å². The summed E-state index contributed by atoms with van der Waals surface area (Å²) in [5.41, 5.74) is 4.01. The van der Waals surface area contributed by atoms with Crippen molar-refractivity contribution in [3.05, 3.63) is 52.8 Å². The van der Waals surface area contributed by atoms with Gasteiger partial charge in [-0.05, 0) is 30.0 Å². The van der Waals surface area contributed by atoms with Gasteiger partial charge in [-0.3, -0.25) is 9.48 Å². The molecule has 0 unspecified atom stereocenters. The number of aryl methyl sites for hydroxylation is 3. The van der Waals surface area contributed by atoms with Crippen LogP contribution in [0.4, 0.5) is 0 Å². The molecule has 0 saturated heterocycles. The first kappa shape index (κ1) is 13.5. The lowest BCUT2D eigenvalue weighted by Crippen LogP contribution is -2.09. The van der Waals surface area contributed by atoms with Crippen molar-refractivity contribution < 1.29 is 4.79 Å². The number of carbonyl (C=O) groups is 1. The van der Waals surface area contributed by atoms with Gasteiger partial charge in [-0.1, -0.05) is 38.1 Å². The molecule has 0 spiro atoms. The molecule has 2 aromatic rings. The molecule has 0 aliphatic carbocycles. The molecule has 0 fully saturated rings. The third-order valence-corrected chi connectivity index (χ3v) is 3.37. The number of Topliss-reactive ketones (excluding diaryl/α,β-unsaturated/α-hetero) is 1. The van der Waals surface area contributed by atoms with Gasteiger partial charge in [0.2, 0.25) is 0 Å². The van der Waals surface area contributed by atoms with Crippen molar-refractivity contribution in [1.29, 1.82) is 0 Å². The molecule has 19 heavy (non-hydrogen) atoms. The fraction of sp³-hybridized carbons (Fsp3) is 0.375. The molecule has 100 valence electrons. The molecule has 0 aliphatic heterocycles. The molecule has 0 amide bonds. The molecule has 3 heteroatoms. The fourth-order valence-corrected chi connectivity index (χ4v) is 2.13. The maximum atomic E-state index is 12.3. The summed E-state index contributed by atoms with van der Waals surface area (Å²) < 4.78 is 1.68. The minimum Gasteiger partial charge on any atom is -0.292 e. The van der Waals surface area contributed by atoms with Gasteiger partial charge in [0, 0.05) is 13.5 Å². The van der Waals surface area contributed by atoms with Crippen molar-refractivity contribution in [2.75, 3.05) is 0 Å². The Morgan fingerprint density at radius 2 is 1.74 bits per heavy atom. The van der Waals surface area contributed by atoms with Crippen LogP contribution in [-0.2, 0) is 26.3 Å². The maximum absolute atomic E-state index is 12.3. The van der Waals surface area contributed by atoms with Gasteiger partial charge in [0.1, 0.15) is 5.69 Å². The topological polar surface area (TPSA) is 34.9 Å². The number of aromatic nitrogens is 2. The molecule has 0 atom stereocenters. The lowest BCUT2D eigenvalue weighted by atomic mass is 10.0. The highest BCUT2D eigenvalue weighted by Gasteiger charge is 2.13. The van der Waals surface area contributed by atoms with Gasteiger partial charge in [-0.25, -0.2) is 0 Å². The van der Waals surface area contributed by atoms with Gasteiger partial charge in [0.15, 0.2) is 5.78 Å². The summed E-state index contributed by atoms with van der Waals surface area (Å²) in [6.07, 6.45) is 2.31. The highest BCUT2D eigenvalue weighted by atomic mass is 16.1. The predicted octanol–water partition coefficient (Wildman–Crippen LogP) is 2.97. The van der Waals surface area contributed by atoms with E-state index in [-0.39, 0.29) is 5.78 Å². The predicted molar refractivity (Wildman–Crippen MR) is 76.4 cm³/mol. The van der Waals surface area contributed by atoms with Gasteiger partial charge in [0.25, 0.3) is 0 Å². The zero-order chi connectivity index (χ0) is 13.8. The van der Waals surface area contributed by atoms with Crippen molar-refractivity contribution >= 4 is 5.78 Å². The van der Waals surface area contributed by atoms with Crippen molar-refractivity contribution in [2.45, 2.75) is 33.1 Å². The Balaban J connectivity index is 2.13. The highest BCUT2D eigenvalue weighted by Crippen LogP contribution is 2.11. The molecule has 2 rings (SSSR count). The van der Waals surface area contributed by atoms with Gasteiger partial charge < -0.3 is 0 Å². The van der Waals surface area contributed by atoms with E-state index in [1.165, 1.54) is 5.56 Å². The number of carbonyl (C=O) groups excluding carboxylic acids is 1. The van der Waals surface area contributed by atoms with E-state index in [1.54, 1.807) is 4.68 Å². The Labute approximate surface area is 114 Å². The zero-order valence-corrected chi connectivity index (χ0v) is 11.8. The Bertz CT molecular complexity index is 567. The first-order valence-electron chi connectivity index (χ1n) is 6.78. The van der Waals surface area contributed by atoms with Crippen LogP contribution in [0, 0.1) is 0 Å². The molecule has 0 aliphatic rings. The van der Waals surface area contributed by atoms with E-state index in [0.717, 1.165) is 24.1 Å². The van der Waals surface area contributed by atoms with Crippen molar-refractivity contribution in [3.8, 4) is 0 Å². The van der Waals surface area contributed by atoms with E-state index < -0.39 is 0 Å². The van der Waals surface area contributed by atoms with Gasteiger partial charge >= 0.3 is 0 Å². The SMILES string of the molecule is CCc1ccc(CC(=O)c2cc(CC)nn2C)cc1. The van der Waals surface area contributed by atoms with Crippen LogP contribution >= 0.6 is 0 Å². The zero-order valence-electron chi connectivity index (χ0n) is 11.8. The van der Waals surface area contributed by atoms with Crippen LogP contribution in [0.25, 0.3) is 0 Å². The Morgan fingerprint density at radius 1 is 1.11 bits per heavy atom. The largest absolute Gasteiger partial charge is 0.292 e. The molecular formula is C16H20N2O. The normalized spacial score (nSPS) is 10.7. The van der Waals surface area contributed by atoms with Crippen LogP contribution in [0.1, 0.15) is 41.2 Å². The number of nitrogens with zero attached hydrogens (tertiary/aromatic N) is 2. The number of rotatable bonds is 5. The average molecular weight is 256 g/mol. The van der Waals surface area contributed by atoms with Crippen molar-refractivity contribution in [1.82, 2.24) is 9.78 Å². The summed E-state index contributed by atoms with van der Waals surface area (Å²) in [5, 5.41) is 4.32. The molecule has 0 saturated carbocycles. The molecule has 0 N–H and O–H groups in total. The molecule has 3 nitrogen and oxygen atoms in total. The average Bonchev–Trinajstić information content (AvgIpc) is 2.81. The van der Waals surface area contributed by atoms with E-state index in [0.29, 0.717) is 12.1 Å². The molecule has 0 radical (unpaired) electrons. The Hall–Kier alpha value is -1.90. The molecule has 1 aromatic heterocycles. The Kier molecular flexibility index (Phi) is 4.15. The van der Waals surface area contributed by atoms with Gasteiger partial charge in [0.05, 0.1) is 5.69 Å². The van der Waals surface area contributed by atoms with Crippen LogP contribution < -0.4 is 0 Å². The van der Waals surface area contributed by atoms with E-state index >= 15 is 0 Å². The summed E-state index contributed by atoms with van der Waals surface area (Å²) in [6, 6.07) is 10.1.